The minimum atomic E-state index is 0.216. The maximum absolute atomic E-state index is 4.30. The highest BCUT2D eigenvalue weighted by Gasteiger charge is 2.29. The van der Waals surface area contributed by atoms with Crippen LogP contribution in [-0.4, -0.2) is 18.0 Å². The van der Waals surface area contributed by atoms with Crippen molar-refractivity contribution in [2.75, 3.05) is 13.1 Å². The van der Waals surface area contributed by atoms with Gasteiger partial charge in [0.05, 0.1) is 0 Å². The smallest absolute Gasteiger partial charge is 0.0223 e. The van der Waals surface area contributed by atoms with Gasteiger partial charge in [-0.3, -0.25) is 0 Å². The van der Waals surface area contributed by atoms with E-state index in [9.17, 15) is 0 Å². The van der Waals surface area contributed by atoms with Crippen LogP contribution in [0.5, 0.6) is 0 Å². The number of aryl methyl sites for hydroxylation is 1. The van der Waals surface area contributed by atoms with Crippen molar-refractivity contribution in [2.45, 2.75) is 72.1 Å². The highest BCUT2D eigenvalue weighted by molar-refractivity contribution is 5.37. The molecule has 1 fully saturated rings. The molecule has 1 nitrogen and oxygen atoms in total. The quantitative estimate of drug-likeness (QED) is 0.494. The molecule has 0 N–H and O–H groups in total. The molecular weight excluding hydrogens is 302 g/mol. The molecule has 0 amide bonds. The lowest BCUT2D eigenvalue weighted by Crippen LogP contribution is -2.46. The first-order valence-corrected chi connectivity index (χ1v) is 9.90. The Labute approximate surface area is 155 Å². The topological polar surface area (TPSA) is 3.24 Å². The molecule has 1 saturated heterocycles. The molecule has 0 saturated carbocycles. The number of likely N-dealkylation sites (tertiary alicyclic amines) is 1. The van der Waals surface area contributed by atoms with Gasteiger partial charge in [0.1, 0.15) is 0 Å². The molecule has 25 heavy (non-hydrogen) atoms. The Kier molecular flexibility index (Phi) is 6.54. The van der Waals surface area contributed by atoms with Crippen molar-refractivity contribution >= 4 is 0 Å². The highest BCUT2D eigenvalue weighted by atomic mass is 15.2. The molecule has 1 heteroatoms. The van der Waals surface area contributed by atoms with E-state index in [4.69, 9.17) is 0 Å². The van der Waals surface area contributed by atoms with Gasteiger partial charge in [0.25, 0.3) is 0 Å². The number of benzene rings is 1. The molecule has 0 unspecified atom stereocenters. The van der Waals surface area contributed by atoms with Crippen molar-refractivity contribution in [3.63, 3.8) is 0 Å². The van der Waals surface area contributed by atoms with E-state index >= 15 is 0 Å². The lowest BCUT2D eigenvalue weighted by Gasteiger charge is -2.43. The molecule has 0 spiro atoms. The number of hydrogen-bond acceptors (Lipinski definition) is 1. The standard InChI is InChI=1S/C24H37N/c1-8-9-18(2)10-12-20(4)25-16-21(17-25)15-22-13-11-19(3)14-23(22)24(5,6)7/h11,13-14,21H,2,4,8-10,12,15-17H2,1,3,5-7H3. The van der Waals surface area contributed by atoms with Crippen molar-refractivity contribution in [3.8, 4) is 0 Å². The first kappa shape index (κ1) is 19.8. The summed E-state index contributed by atoms with van der Waals surface area (Å²) in [5.74, 6) is 0.763. The van der Waals surface area contributed by atoms with Crippen LogP contribution in [0.15, 0.2) is 42.6 Å². The van der Waals surface area contributed by atoms with Crippen LogP contribution in [0, 0.1) is 12.8 Å². The molecule has 1 aliphatic rings. The third kappa shape index (κ3) is 5.49. The molecule has 0 aliphatic carbocycles. The van der Waals surface area contributed by atoms with Crippen LogP contribution >= 0.6 is 0 Å². The van der Waals surface area contributed by atoms with Gasteiger partial charge < -0.3 is 4.90 Å². The lowest BCUT2D eigenvalue weighted by molar-refractivity contribution is 0.138. The third-order valence-electron chi connectivity index (χ3n) is 5.36. The van der Waals surface area contributed by atoms with Crippen LogP contribution in [-0.2, 0) is 11.8 Å². The zero-order chi connectivity index (χ0) is 18.6. The van der Waals surface area contributed by atoms with Gasteiger partial charge in [-0.2, -0.15) is 0 Å². The predicted molar refractivity (Wildman–Crippen MR) is 111 cm³/mol. The van der Waals surface area contributed by atoms with Crippen molar-refractivity contribution < 1.29 is 0 Å². The highest BCUT2D eigenvalue weighted by Crippen LogP contribution is 2.32. The predicted octanol–water partition coefficient (Wildman–Crippen LogP) is 6.42. The Morgan fingerprint density at radius 1 is 1.12 bits per heavy atom. The maximum atomic E-state index is 4.30. The summed E-state index contributed by atoms with van der Waals surface area (Å²) in [5, 5.41) is 0. The zero-order valence-corrected chi connectivity index (χ0v) is 17.1. The summed E-state index contributed by atoms with van der Waals surface area (Å²) >= 11 is 0. The van der Waals surface area contributed by atoms with Crippen LogP contribution in [0.4, 0.5) is 0 Å². The Morgan fingerprint density at radius 3 is 2.40 bits per heavy atom. The van der Waals surface area contributed by atoms with Crippen molar-refractivity contribution in [3.05, 3.63) is 59.3 Å². The van der Waals surface area contributed by atoms with E-state index in [1.165, 1.54) is 40.8 Å². The Hall–Kier alpha value is -1.50. The number of allylic oxidation sites excluding steroid dienone is 2. The van der Waals surface area contributed by atoms with Gasteiger partial charge in [0.2, 0.25) is 0 Å². The summed E-state index contributed by atoms with van der Waals surface area (Å²) in [7, 11) is 0. The van der Waals surface area contributed by atoms with E-state index in [0.717, 1.165) is 38.3 Å². The van der Waals surface area contributed by atoms with Crippen molar-refractivity contribution in [1.29, 1.82) is 0 Å². The Bertz CT molecular complexity index is 611. The summed E-state index contributed by atoms with van der Waals surface area (Å²) in [6.07, 6.45) is 5.71. The molecule has 1 aromatic rings. The molecule has 0 radical (unpaired) electrons. The molecule has 1 heterocycles. The van der Waals surface area contributed by atoms with E-state index in [1.54, 1.807) is 0 Å². The second kappa shape index (κ2) is 8.25. The zero-order valence-electron chi connectivity index (χ0n) is 17.1. The van der Waals surface area contributed by atoms with Crippen molar-refractivity contribution in [1.82, 2.24) is 4.90 Å². The van der Waals surface area contributed by atoms with Crippen LogP contribution in [0.1, 0.15) is 70.1 Å². The molecule has 0 aromatic heterocycles. The van der Waals surface area contributed by atoms with Crippen LogP contribution in [0.3, 0.4) is 0 Å². The van der Waals surface area contributed by atoms with E-state index in [-0.39, 0.29) is 5.41 Å². The third-order valence-corrected chi connectivity index (χ3v) is 5.36. The van der Waals surface area contributed by atoms with E-state index in [1.807, 2.05) is 0 Å². The molecular formula is C24H37N. The second-order valence-corrected chi connectivity index (χ2v) is 8.95. The van der Waals surface area contributed by atoms with E-state index in [0.29, 0.717) is 0 Å². The first-order valence-electron chi connectivity index (χ1n) is 9.90. The van der Waals surface area contributed by atoms with Crippen molar-refractivity contribution in [2.24, 2.45) is 5.92 Å². The van der Waals surface area contributed by atoms with Gasteiger partial charge in [-0.05, 0) is 55.1 Å². The van der Waals surface area contributed by atoms with Gasteiger partial charge in [0.15, 0.2) is 0 Å². The Balaban J connectivity index is 1.86. The van der Waals surface area contributed by atoms with Crippen LogP contribution < -0.4 is 0 Å². The molecule has 138 valence electrons. The van der Waals surface area contributed by atoms with Crippen LogP contribution in [0.2, 0.25) is 0 Å². The maximum Gasteiger partial charge on any atom is 0.0223 e. The fourth-order valence-electron chi connectivity index (χ4n) is 3.79. The fraction of sp³-hybridized carbons (Fsp3) is 0.583. The van der Waals surface area contributed by atoms with Gasteiger partial charge in [-0.1, -0.05) is 76.6 Å². The average Bonchev–Trinajstić information content (AvgIpc) is 2.48. The fourth-order valence-corrected chi connectivity index (χ4v) is 3.79. The van der Waals surface area contributed by atoms with Gasteiger partial charge in [0, 0.05) is 18.8 Å². The summed E-state index contributed by atoms with van der Waals surface area (Å²) in [6, 6.07) is 6.99. The first-order chi connectivity index (χ1) is 11.7. The molecule has 0 bridgehead atoms. The van der Waals surface area contributed by atoms with Gasteiger partial charge in [-0.25, -0.2) is 0 Å². The molecule has 1 aromatic carbocycles. The minimum absolute atomic E-state index is 0.216. The summed E-state index contributed by atoms with van der Waals surface area (Å²) in [6.45, 7) is 22.2. The largest absolute Gasteiger partial charge is 0.375 e. The molecule has 1 aliphatic heterocycles. The normalized spacial score (nSPS) is 15.2. The van der Waals surface area contributed by atoms with Gasteiger partial charge in [-0.15, -0.1) is 0 Å². The summed E-state index contributed by atoms with van der Waals surface area (Å²) in [4.78, 5) is 2.47. The summed E-state index contributed by atoms with van der Waals surface area (Å²) in [5.41, 5.74) is 7.30. The molecule has 0 atom stereocenters. The number of hydrogen-bond donors (Lipinski definition) is 0. The Morgan fingerprint density at radius 2 is 1.80 bits per heavy atom. The van der Waals surface area contributed by atoms with Crippen LogP contribution in [0.25, 0.3) is 0 Å². The number of rotatable bonds is 8. The second-order valence-electron chi connectivity index (χ2n) is 8.95. The average molecular weight is 340 g/mol. The van der Waals surface area contributed by atoms with E-state index < -0.39 is 0 Å². The molecule has 2 rings (SSSR count). The minimum Gasteiger partial charge on any atom is -0.375 e. The van der Waals surface area contributed by atoms with Gasteiger partial charge >= 0.3 is 0 Å². The summed E-state index contributed by atoms with van der Waals surface area (Å²) < 4.78 is 0. The monoisotopic (exact) mass is 339 g/mol. The number of nitrogens with zero attached hydrogens (tertiary/aromatic N) is 1. The lowest BCUT2D eigenvalue weighted by atomic mass is 9.79. The van der Waals surface area contributed by atoms with E-state index in [2.05, 4.69) is 70.9 Å². The SMILES string of the molecule is C=C(CCC)CCC(=C)N1CC(Cc2ccc(C)cc2C(C)(C)C)C1.